The summed E-state index contributed by atoms with van der Waals surface area (Å²) in [7, 11) is 1.64. The number of hydrogen-bond donors (Lipinski definition) is 2. The molecule has 0 radical (unpaired) electrons. The average Bonchev–Trinajstić information content (AvgIpc) is 2.43. The Balaban J connectivity index is 2.29. The first kappa shape index (κ1) is 12.8. The fourth-order valence-electron chi connectivity index (χ4n) is 1.79. The lowest BCUT2D eigenvalue weighted by atomic mass is 10.1. The van der Waals surface area contributed by atoms with E-state index in [-0.39, 0.29) is 0 Å². The maximum absolute atomic E-state index is 8.96. The standard InChI is InChI=1S/C15H15N3O/c1-10-7-13(19-2)4-6-15(10)18-12-3-5-14(17)11(8-12)9-16/h3-8,18H,17H2,1-2H3. The second-order valence-electron chi connectivity index (χ2n) is 4.22. The normalized spacial score (nSPS) is 9.74. The Hall–Kier alpha value is -2.67. The number of nitrogens with one attached hydrogen (secondary N) is 1. The quantitative estimate of drug-likeness (QED) is 0.824. The zero-order valence-electron chi connectivity index (χ0n) is 10.9. The van der Waals surface area contributed by atoms with Crippen LogP contribution in [0.5, 0.6) is 5.75 Å². The summed E-state index contributed by atoms with van der Waals surface area (Å²) in [6, 6.07) is 13.2. The fourth-order valence-corrected chi connectivity index (χ4v) is 1.79. The van der Waals surface area contributed by atoms with Gasteiger partial charge in [-0.2, -0.15) is 5.26 Å². The first-order valence-electron chi connectivity index (χ1n) is 5.85. The molecule has 0 fully saturated rings. The van der Waals surface area contributed by atoms with Crippen LogP contribution in [-0.2, 0) is 0 Å². The van der Waals surface area contributed by atoms with Crippen molar-refractivity contribution in [1.82, 2.24) is 0 Å². The van der Waals surface area contributed by atoms with Crippen LogP contribution in [0.25, 0.3) is 0 Å². The smallest absolute Gasteiger partial charge is 0.119 e. The molecule has 0 aliphatic rings. The van der Waals surface area contributed by atoms with Crippen molar-refractivity contribution < 1.29 is 4.74 Å². The Morgan fingerprint density at radius 3 is 2.63 bits per heavy atom. The lowest BCUT2D eigenvalue weighted by Crippen LogP contribution is -1.96. The van der Waals surface area contributed by atoms with Crippen LogP contribution in [0.4, 0.5) is 17.1 Å². The number of aryl methyl sites for hydroxylation is 1. The highest BCUT2D eigenvalue weighted by Gasteiger charge is 2.03. The van der Waals surface area contributed by atoms with Gasteiger partial charge in [0.25, 0.3) is 0 Å². The summed E-state index contributed by atoms with van der Waals surface area (Å²) >= 11 is 0. The van der Waals surface area contributed by atoms with E-state index in [4.69, 9.17) is 15.7 Å². The Morgan fingerprint density at radius 1 is 1.21 bits per heavy atom. The van der Waals surface area contributed by atoms with E-state index in [2.05, 4.69) is 11.4 Å². The van der Waals surface area contributed by atoms with Crippen LogP contribution in [0, 0.1) is 18.3 Å². The van der Waals surface area contributed by atoms with E-state index < -0.39 is 0 Å². The van der Waals surface area contributed by atoms with Gasteiger partial charge in [-0.25, -0.2) is 0 Å². The molecule has 0 atom stereocenters. The molecule has 0 spiro atoms. The Morgan fingerprint density at radius 2 is 2.00 bits per heavy atom. The number of nitrogens with zero attached hydrogens (tertiary/aromatic N) is 1. The molecule has 4 heteroatoms. The topological polar surface area (TPSA) is 71.1 Å². The van der Waals surface area contributed by atoms with Crippen molar-refractivity contribution in [2.45, 2.75) is 6.92 Å². The number of benzene rings is 2. The first-order chi connectivity index (χ1) is 9.13. The molecular formula is C15H15N3O. The third-order valence-corrected chi connectivity index (χ3v) is 2.89. The molecule has 0 bridgehead atoms. The SMILES string of the molecule is COc1ccc(Nc2ccc(N)c(C#N)c2)c(C)c1. The Bertz CT molecular complexity index is 644. The van der Waals surface area contributed by atoms with Crippen LogP contribution in [0.1, 0.15) is 11.1 Å². The minimum Gasteiger partial charge on any atom is -0.497 e. The molecule has 0 unspecified atom stereocenters. The van der Waals surface area contributed by atoms with Crippen molar-refractivity contribution in [3.63, 3.8) is 0 Å². The highest BCUT2D eigenvalue weighted by molar-refractivity contribution is 5.69. The van der Waals surface area contributed by atoms with Gasteiger partial charge in [0.15, 0.2) is 0 Å². The summed E-state index contributed by atoms with van der Waals surface area (Å²) < 4.78 is 5.17. The molecule has 0 aliphatic carbocycles. The van der Waals surface area contributed by atoms with Crippen LogP contribution < -0.4 is 15.8 Å². The number of methoxy groups -OCH3 is 1. The lowest BCUT2D eigenvalue weighted by molar-refractivity contribution is 0.414. The summed E-state index contributed by atoms with van der Waals surface area (Å²) in [5.41, 5.74) is 9.51. The van der Waals surface area contributed by atoms with Gasteiger partial charge in [0, 0.05) is 17.1 Å². The summed E-state index contributed by atoms with van der Waals surface area (Å²) in [6.45, 7) is 1.99. The molecular weight excluding hydrogens is 238 g/mol. The summed E-state index contributed by atoms with van der Waals surface area (Å²) in [5, 5.41) is 12.2. The number of rotatable bonds is 3. The highest BCUT2D eigenvalue weighted by Crippen LogP contribution is 2.26. The summed E-state index contributed by atoms with van der Waals surface area (Å²) in [5.74, 6) is 0.818. The zero-order chi connectivity index (χ0) is 13.8. The predicted octanol–water partition coefficient (Wildman–Crippen LogP) is 3.20. The van der Waals surface area contributed by atoms with Gasteiger partial charge in [0.2, 0.25) is 0 Å². The predicted molar refractivity (Wildman–Crippen MR) is 76.6 cm³/mol. The second kappa shape index (κ2) is 5.32. The molecule has 2 aromatic carbocycles. The van der Waals surface area contributed by atoms with Gasteiger partial charge < -0.3 is 15.8 Å². The van der Waals surface area contributed by atoms with E-state index in [1.54, 1.807) is 19.2 Å². The molecule has 0 heterocycles. The lowest BCUT2D eigenvalue weighted by Gasteiger charge is -2.11. The molecule has 0 saturated carbocycles. The van der Waals surface area contributed by atoms with E-state index in [0.717, 1.165) is 22.7 Å². The van der Waals surface area contributed by atoms with E-state index in [1.807, 2.05) is 31.2 Å². The summed E-state index contributed by atoms with van der Waals surface area (Å²) in [4.78, 5) is 0. The van der Waals surface area contributed by atoms with Gasteiger partial charge in [-0.1, -0.05) is 0 Å². The van der Waals surface area contributed by atoms with Gasteiger partial charge in [-0.05, 0) is 48.9 Å². The van der Waals surface area contributed by atoms with Gasteiger partial charge >= 0.3 is 0 Å². The van der Waals surface area contributed by atoms with E-state index in [1.165, 1.54) is 0 Å². The first-order valence-corrected chi connectivity index (χ1v) is 5.85. The Kier molecular flexibility index (Phi) is 3.58. The van der Waals surface area contributed by atoms with E-state index >= 15 is 0 Å². The number of hydrogen-bond acceptors (Lipinski definition) is 4. The number of nitrogens with two attached hydrogens (primary N) is 1. The van der Waals surface area contributed by atoms with Crippen LogP contribution in [0.3, 0.4) is 0 Å². The van der Waals surface area contributed by atoms with E-state index in [9.17, 15) is 0 Å². The van der Waals surface area contributed by atoms with Crippen molar-refractivity contribution in [3.05, 3.63) is 47.5 Å². The molecule has 3 N–H and O–H groups in total. The molecule has 2 rings (SSSR count). The molecule has 2 aromatic rings. The van der Waals surface area contributed by atoms with Crippen LogP contribution in [0.15, 0.2) is 36.4 Å². The third kappa shape index (κ3) is 2.78. The zero-order valence-corrected chi connectivity index (χ0v) is 10.9. The van der Waals surface area contributed by atoms with Crippen molar-refractivity contribution in [2.75, 3.05) is 18.2 Å². The Labute approximate surface area is 112 Å². The van der Waals surface area contributed by atoms with Crippen LogP contribution in [0.2, 0.25) is 0 Å². The number of nitriles is 1. The van der Waals surface area contributed by atoms with Gasteiger partial charge in [-0.3, -0.25) is 0 Å². The second-order valence-corrected chi connectivity index (χ2v) is 4.22. The summed E-state index contributed by atoms with van der Waals surface area (Å²) in [6.07, 6.45) is 0. The van der Waals surface area contributed by atoms with Crippen LogP contribution >= 0.6 is 0 Å². The molecule has 0 aromatic heterocycles. The molecule has 19 heavy (non-hydrogen) atoms. The number of ether oxygens (including phenoxy) is 1. The molecule has 0 aliphatic heterocycles. The largest absolute Gasteiger partial charge is 0.497 e. The van der Waals surface area contributed by atoms with Crippen molar-refractivity contribution in [3.8, 4) is 11.8 Å². The minimum absolute atomic E-state index is 0.469. The monoisotopic (exact) mass is 253 g/mol. The van der Waals surface area contributed by atoms with Crippen molar-refractivity contribution in [2.24, 2.45) is 0 Å². The molecule has 0 saturated heterocycles. The van der Waals surface area contributed by atoms with Gasteiger partial charge in [-0.15, -0.1) is 0 Å². The molecule has 4 nitrogen and oxygen atoms in total. The van der Waals surface area contributed by atoms with Gasteiger partial charge in [0.1, 0.15) is 11.8 Å². The van der Waals surface area contributed by atoms with Gasteiger partial charge in [0.05, 0.1) is 12.7 Å². The fraction of sp³-hybridized carbons (Fsp3) is 0.133. The maximum atomic E-state index is 8.96. The minimum atomic E-state index is 0.469. The molecule has 0 amide bonds. The van der Waals surface area contributed by atoms with E-state index in [0.29, 0.717) is 11.3 Å². The molecule has 96 valence electrons. The van der Waals surface area contributed by atoms with Crippen LogP contribution in [-0.4, -0.2) is 7.11 Å². The highest BCUT2D eigenvalue weighted by atomic mass is 16.5. The maximum Gasteiger partial charge on any atom is 0.119 e. The third-order valence-electron chi connectivity index (χ3n) is 2.89. The van der Waals surface area contributed by atoms with Crippen molar-refractivity contribution >= 4 is 17.1 Å². The number of nitrogen functional groups attached to an aromatic ring is 1. The number of anilines is 3. The average molecular weight is 253 g/mol. The van der Waals surface area contributed by atoms with Crippen molar-refractivity contribution in [1.29, 1.82) is 5.26 Å².